The first kappa shape index (κ1) is 13.3. The minimum absolute atomic E-state index is 0.154. The van der Waals surface area contributed by atoms with Gasteiger partial charge < -0.3 is 15.5 Å². The van der Waals surface area contributed by atoms with Gasteiger partial charge in [0.1, 0.15) is 11.6 Å². The third-order valence-corrected chi connectivity index (χ3v) is 2.90. The van der Waals surface area contributed by atoms with Gasteiger partial charge in [0.05, 0.1) is 12.7 Å². The number of hydrogen-bond donors (Lipinski definition) is 2. The van der Waals surface area contributed by atoms with E-state index in [1.807, 2.05) is 25.1 Å². The Hall–Kier alpha value is -2.14. The number of nitrogens with two attached hydrogens (primary N) is 1. The second-order valence-corrected chi connectivity index (χ2v) is 4.33. The van der Waals surface area contributed by atoms with E-state index >= 15 is 0 Å². The Morgan fingerprint density at radius 3 is 2.84 bits per heavy atom. The Balaban J connectivity index is 2.50. The van der Waals surface area contributed by atoms with E-state index in [0.717, 1.165) is 11.1 Å². The van der Waals surface area contributed by atoms with Crippen molar-refractivity contribution in [2.75, 3.05) is 13.7 Å². The minimum Gasteiger partial charge on any atom is -0.496 e. The molecular formula is C14H17N3O2. The number of H-pyrrole nitrogens is 1. The molecule has 0 saturated heterocycles. The molecule has 0 amide bonds. The van der Waals surface area contributed by atoms with Gasteiger partial charge in [-0.15, -0.1) is 0 Å². The van der Waals surface area contributed by atoms with Crippen LogP contribution in [0, 0.1) is 6.92 Å². The van der Waals surface area contributed by atoms with E-state index in [9.17, 15) is 4.79 Å². The highest BCUT2D eigenvalue weighted by Gasteiger charge is 2.09. The molecule has 1 aromatic heterocycles. The first-order valence-electron chi connectivity index (χ1n) is 6.09. The lowest BCUT2D eigenvalue weighted by atomic mass is 10.1. The Morgan fingerprint density at radius 2 is 2.21 bits per heavy atom. The highest BCUT2D eigenvalue weighted by atomic mass is 16.5. The zero-order chi connectivity index (χ0) is 13.8. The monoisotopic (exact) mass is 259 g/mol. The van der Waals surface area contributed by atoms with Crippen LogP contribution in [0.5, 0.6) is 5.75 Å². The third kappa shape index (κ3) is 2.82. The summed E-state index contributed by atoms with van der Waals surface area (Å²) in [5.41, 5.74) is 7.74. The summed E-state index contributed by atoms with van der Waals surface area (Å²) in [5.74, 6) is 1.19. The highest BCUT2D eigenvalue weighted by Crippen LogP contribution is 2.27. The third-order valence-electron chi connectivity index (χ3n) is 2.90. The fraction of sp³-hybridized carbons (Fsp3) is 0.286. The van der Waals surface area contributed by atoms with Crippen LogP contribution in [0.4, 0.5) is 0 Å². The van der Waals surface area contributed by atoms with Gasteiger partial charge in [0, 0.05) is 11.8 Å². The number of rotatable bonds is 4. The zero-order valence-electron chi connectivity index (χ0n) is 11.1. The molecule has 2 aromatic rings. The minimum atomic E-state index is -0.154. The predicted molar refractivity (Wildman–Crippen MR) is 74.3 cm³/mol. The largest absolute Gasteiger partial charge is 0.496 e. The summed E-state index contributed by atoms with van der Waals surface area (Å²) < 4.78 is 5.29. The van der Waals surface area contributed by atoms with E-state index in [1.165, 1.54) is 0 Å². The predicted octanol–water partition coefficient (Wildman–Crippen LogP) is 1.26. The Bertz CT molecular complexity index is 635. The van der Waals surface area contributed by atoms with Gasteiger partial charge in [0.25, 0.3) is 5.56 Å². The molecule has 0 atom stereocenters. The van der Waals surface area contributed by atoms with Crippen molar-refractivity contribution in [1.82, 2.24) is 9.97 Å². The van der Waals surface area contributed by atoms with Crippen LogP contribution in [0.25, 0.3) is 11.4 Å². The molecule has 100 valence electrons. The standard InChI is InChI=1S/C14H17N3O2/c1-9-3-4-12(19-2)11(7-9)13-16-8-10(5-6-15)14(18)17-13/h3-4,7-8H,5-6,15H2,1-2H3,(H,16,17,18). The number of ether oxygens (including phenoxy) is 1. The van der Waals surface area contributed by atoms with Gasteiger partial charge in [-0.1, -0.05) is 11.6 Å². The topological polar surface area (TPSA) is 81.0 Å². The van der Waals surface area contributed by atoms with Crippen LogP contribution in [0.3, 0.4) is 0 Å². The molecule has 1 aromatic carbocycles. The molecule has 5 nitrogen and oxygen atoms in total. The summed E-state index contributed by atoms with van der Waals surface area (Å²) in [4.78, 5) is 19.0. The molecule has 0 saturated carbocycles. The smallest absolute Gasteiger partial charge is 0.254 e. The normalized spacial score (nSPS) is 10.5. The number of benzene rings is 1. The maximum Gasteiger partial charge on any atom is 0.254 e. The number of nitrogens with zero attached hydrogens (tertiary/aromatic N) is 1. The second-order valence-electron chi connectivity index (χ2n) is 4.33. The molecule has 0 aliphatic heterocycles. The van der Waals surface area contributed by atoms with Gasteiger partial charge in [-0.25, -0.2) is 4.98 Å². The van der Waals surface area contributed by atoms with Gasteiger partial charge in [0.15, 0.2) is 0 Å². The average Bonchev–Trinajstić information content (AvgIpc) is 2.41. The molecule has 2 rings (SSSR count). The zero-order valence-corrected chi connectivity index (χ0v) is 11.1. The van der Waals surface area contributed by atoms with E-state index in [4.69, 9.17) is 10.5 Å². The van der Waals surface area contributed by atoms with Gasteiger partial charge in [-0.2, -0.15) is 0 Å². The molecule has 0 aliphatic rings. The van der Waals surface area contributed by atoms with Crippen molar-refractivity contribution in [3.05, 3.63) is 45.9 Å². The highest BCUT2D eigenvalue weighted by molar-refractivity contribution is 5.64. The molecule has 0 aliphatic carbocycles. The summed E-state index contributed by atoms with van der Waals surface area (Å²) >= 11 is 0. The van der Waals surface area contributed by atoms with Gasteiger partial charge >= 0.3 is 0 Å². The lowest BCUT2D eigenvalue weighted by Crippen LogP contribution is -2.17. The lowest BCUT2D eigenvalue weighted by molar-refractivity contribution is 0.416. The summed E-state index contributed by atoms with van der Waals surface area (Å²) in [6, 6.07) is 5.74. The molecule has 0 spiro atoms. The van der Waals surface area contributed by atoms with E-state index in [-0.39, 0.29) is 5.56 Å². The van der Waals surface area contributed by atoms with Gasteiger partial charge in [-0.05, 0) is 32.0 Å². The summed E-state index contributed by atoms with van der Waals surface area (Å²) in [5, 5.41) is 0. The molecule has 0 unspecified atom stereocenters. The number of hydrogen-bond acceptors (Lipinski definition) is 4. The number of aromatic amines is 1. The Kier molecular flexibility index (Phi) is 3.97. The van der Waals surface area contributed by atoms with Crippen LogP contribution < -0.4 is 16.0 Å². The van der Waals surface area contributed by atoms with E-state index < -0.39 is 0 Å². The first-order valence-corrected chi connectivity index (χ1v) is 6.09. The SMILES string of the molecule is COc1ccc(C)cc1-c1ncc(CCN)c(=O)[nH]1. The van der Waals surface area contributed by atoms with Crippen LogP contribution in [0.1, 0.15) is 11.1 Å². The molecule has 19 heavy (non-hydrogen) atoms. The van der Waals surface area contributed by atoms with E-state index in [2.05, 4.69) is 9.97 Å². The Labute approximate surface area is 111 Å². The average molecular weight is 259 g/mol. The molecule has 0 radical (unpaired) electrons. The van der Waals surface area contributed by atoms with E-state index in [1.54, 1.807) is 13.3 Å². The summed E-state index contributed by atoms with van der Waals surface area (Å²) in [6.07, 6.45) is 2.09. The lowest BCUT2D eigenvalue weighted by Gasteiger charge is -2.09. The molecule has 3 N–H and O–H groups in total. The summed E-state index contributed by atoms with van der Waals surface area (Å²) in [6.45, 7) is 2.40. The van der Waals surface area contributed by atoms with E-state index in [0.29, 0.717) is 30.1 Å². The van der Waals surface area contributed by atoms with Crippen LogP contribution in [-0.4, -0.2) is 23.6 Å². The van der Waals surface area contributed by atoms with Crippen LogP contribution in [0.2, 0.25) is 0 Å². The van der Waals surface area contributed by atoms with Crippen molar-refractivity contribution in [2.24, 2.45) is 5.73 Å². The van der Waals surface area contributed by atoms with Crippen LogP contribution in [-0.2, 0) is 6.42 Å². The number of methoxy groups -OCH3 is 1. The fourth-order valence-electron chi connectivity index (χ4n) is 1.90. The number of aromatic nitrogens is 2. The van der Waals surface area contributed by atoms with Crippen molar-refractivity contribution in [1.29, 1.82) is 0 Å². The maximum atomic E-state index is 11.9. The van der Waals surface area contributed by atoms with Crippen LogP contribution >= 0.6 is 0 Å². The fourth-order valence-corrected chi connectivity index (χ4v) is 1.90. The van der Waals surface area contributed by atoms with Crippen molar-refractivity contribution in [3.63, 3.8) is 0 Å². The molecular weight excluding hydrogens is 242 g/mol. The van der Waals surface area contributed by atoms with Gasteiger partial charge in [0.2, 0.25) is 0 Å². The number of nitrogens with one attached hydrogen (secondary N) is 1. The van der Waals surface area contributed by atoms with Gasteiger partial charge in [-0.3, -0.25) is 4.79 Å². The quantitative estimate of drug-likeness (QED) is 0.866. The Morgan fingerprint density at radius 1 is 1.42 bits per heavy atom. The molecule has 0 bridgehead atoms. The van der Waals surface area contributed by atoms with Crippen LogP contribution in [0.15, 0.2) is 29.2 Å². The molecule has 0 fully saturated rings. The van der Waals surface area contributed by atoms with Crippen molar-refractivity contribution in [3.8, 4) is 17.1 Å². The first-order chi connectivity index (χ1) is 9.15. The molecule has 1 heterocycles. The summed E-state index contributed by atoms with van der Waals surface area (Å²) in [7, 11) is 1.59. The second kappa shape index (κ2) is 5.67. The number of aryl methyl sites for hydroxylation is 1. The van der Waals surface area contributed by atoms with Crippen molar-refractivity contribution in [2.45, 2.75) is 13.3 Å². The molecule has 5 heteroatoms. The maximum absolute atomic E-state index is 11.9. The van der Waals surface area contributed by atoms with Crippen molar-refractivity contribution >= 4 is 0 Å². The van der Waals surface area contributed by atoms with Crippen molar-refractivity contribution < 1.29 is 4.74 Å².